The molecule has 3 heteroatoms. The first-order valence-electron chi connectivity index (χ1n) is 13.1. The molecule has 0 aliphatic carbocycles. The summed E-state index contributed by atoms with van der Waals surface area (Å²) < 4.78 is 14.3. The number of hydrogen-bond donors (Lipinski definition) is 0. The molecule has 1 aromatic carbocycles. The van der Waals surface area contributed by atoms with Crippen molar-refractivity contribution in [2.75, 3.05) is 0 Å². The molecule has 1 rings (SSSR count). The number of hydrogen-bond acceptors (Lipinski definition) is 1. The van der Waals surface area contributed by atoms with Crippen molar-refractivity contribution in [2.24, 2.45) is 0 Å². The Morgan fingerprint density at radius 2 is 1.52 bits per heavy atom. The molecular formula is C28H52OSiSn. The molecule has 0 amide bonds. The van der Waals surface area contributed by atoms with Crippen LogP contribution in [0.5, 0.6) is 0 Å². The molecule has 1 unspecified atom stereocenters. The first-order chi connectivity index (χ1) is 14.7. The van der Waals surface area contributed by atoms with Crippen LogP contribution in [0.2, 0.25) is 24.9 Å². The third-order valence-electron chi connectivity index (χ3n) is 6.87. The first kappa shape index (κ1) is 29.0. The normalized spacial score (nSPS) is 14.8. The zero-order valence-electron chi connectivity index (χ0n) is 22.1. The zero-order valence-corrected chi connectivity index (χ0v) is 26.1. The minimum absolute atomic E-state index is 0.239. The van der Waals surface area contributed by atoms with E-state index in [1.54, 1.807) is 0 Å². The predicted molar refractivity (Wildman–Crippen MR) is 147 cm³/mol. The summed E-state index contributed by atoms with van der Waals surface area (Å²) in [6, 6.07) is 9.02. The van der Waals surface area contributed by atoms with Gasteiger partial charge >= 0.3 is 202 Å². The molecule has 1 nitrogen and oxygen atoms in total. The van der Waals surface area contributed by atoms with Crippen LogP contribution in [0, 0.1) is 6.92 Å². The van der Waals surface area contributed by atoms with Gasteiger partial charge in [-0.3, -0.25) is 0 Å². The van der Waals surface area contributed by atoms with Gasteiger partial charge in [-0.2, -0.15) is 0 Å². The zero-order chi connectivity index (χ0) is 23.3. The first-order valence-corrected chi connectivity index (χ1v) is 23.0. The Kier molecular flexibility index (Phi) is 14.0. The van der Waals surface area contributed by atoms with Crippen LogP contribution in [0.15, 0.2) is 34.4 Å². The van der Waals surface area contributed by atoms with Crippen molar-refractivity contribution in [1.29, 1.82) is 0 Å². The van der Waals surface area contributed by atoms with Gasteiger partial charge in [0.15, 0.2) is 0 Å². The molecule has 0 aliphatic heterocycles. The van der Waals surface area contributed by atoms with Crippen molar-refractivity contribution in [2.45, 2.75) is 124 Å². The molecular weight excluding hydrogens is 499 g/mol. The maximum absolute atomic E-state index is 6.85. The summed E-state index contributed by atoms with van der Waals surface area (Å²) in [6.07, 6.45) is 12.1. The summed E-state index contributed by atoms with van der Waals surface area (Å²) >= 11 is -2.28. The second kappa shape index (κ2) is 15.0. The van der Waals surface area contributed by atoms with E-state index in [2.05, 4.69) is 89.4 Å². The Morgan fingerprint density at radius 1 is 0.968 bits per heavy atom. The molecule has 0 saturated heterocycles. The van der Waals surface area contributed by atoms with Crippen LogP contribution in [-0.4, -0.2) is 33.5 Å². The van der Waals surface area contributed by atoms with Gasteiger partial charge in [-0.15, -0.1) is 0 Å². The van der Waals surface area contributed by atoms with E-state index < -0.39 is 27.4 Å². The molecule has 1 aromatic rings. The summed E-state index contributed by atoms with van der Waals surface area (Å²) in [5.41, 5.74) is 2.77. The molecule has 0 fully saturated rings. The van der Waals surface area contributed by atoms with Crippen molar-refractivity contribution in [3.8, 4) is 0 Å². The molecule has 0 spiro atoms. The SMILES string of the molecule is CCC[CH2][Sn](/[CH]=C/[C@@H](Cc1cccc(C)c1)O[SiH](C)C(C)(C)C)([CH2]CCC)[CH2]CCC. The van der Waals surface area contributed by atoms with Gasteiger partial charge in [0.05, 0.1) is 0 Å². The summed E-state index contributed by atoms with van der Waals surface area (Å²) in [5.74, 6) is 0. The van der Waals surface area contributed by atoms with E-state index in [1.165, 1.54) is 63.0 Å². The van der Waals surface area contributed by atoms with Crippen LogP contribution in [0.3, 0.4) is 0 Å². The number of unbranched alkanes of at least 4 members (excludes halogenated alkanes) is 3. The topological polar surface area (TPSA) is 9.23 Å². The molecule has 2 atom stereocenters. The van der Waals surface area contributed by atoms with Gasteiger partial charge in [-0.05, 0) is 0 Å². The van der Waals surface area contributed by atoms with Crippen LogP contribution >= 0.6 is 0 Å². The molecule has 31 heavy (non-hydrogen) atoms. The quantitative estimate of drug-likeness (QED) is 0.198. The van der Waals surface area contributed by atoms with E-state index in [0.29, 0.717) is 5.04 Å². The number of rotatable bonds is 15. The van der Waals surface area contributed by atoms with Gasteiger partial charge < -0.3 is 0 Å². The third kappa shape index (κ3) is 11.6. The molecule has 0 radical (unpaired) electrons. The summed E-state index contributed by atoms with van der Waals surface area (Å²) in [4.78, 5) is 0. The average molecular weight is 552 g/mol. The maximum atomic E-state index is 6.85. The van der Waals surface area contributed by atoms with E-state index in [1.807, 2.05) is 0 Å². The van der Waals surface area contributed by atoms with Crippen molar-refractivity contribution in [3.63, 3.8) is 0 Å². The Balaban J connectivity index is 3.17. The fourth-order valence-corrected chi connectivity index (χ4v) is 19.7. The molecule has 0 heterocycles. The van der Waals surface area contributed by atoms with Crippen LogP contribution in [0.25, 0.3) is 0 Å². The second-order valence-corrected chi connectivity index (χ2v) is 27.2. The number of aryl methyl sites for hydroxylation is 1. The van der Waals surface area contributed by atoms with E-state index >= 15 is 0 Å². The van der Waals surface area contributed by atoms with Crippen LogP contribution in [0.1, 0.15) is 91.2 Å². The molecule has 0 aliphatic rings. The average Bonchev–Trinajstić information content (AvgIpc) is 2.72. The summed E-state index contributed by atoms with van der Waals surface area (Å²) in [7, 11) is -1.28. The van der Waals surface area contributed by atoms with Crippen molar-refractivity contribution >= 4 is 27.4 Å². The minimum atomic E-state index is -2.28. The Bertz CT molecular complexity index is 612. The molecule has 0 aromatic heterocycles. The Hall–Kier alpha value is -0.0644. The summed E-state index contributed by atoms with van der Waals surface area (Å²) in [5, 5.41) is 0.297. The molecule has 0 bridgehead atoms. The van der Waals surface area contributed by atoms with Gasteiger partial charge in [0, 0.05) is 0 Å². The van der Waals surface area contributed by atoms with Crippen molar-refractivity contribution in [3.05, 3.63) is 45.6 Å². The Morgan fingerprint density at radius 3 is 1.97 bits per heavy atom. The monoisotopic (exact) mass is 552 g/mol. The predicted octanol–water partition coefficient (Wildman–Crippen LogP) is 9.02. The standard InChI is InChI=1S/C16H25OSi.3C4H9.Sn/c1-7-15(17-18(6)16(3,4)5)12-14-10-8-9-13(2)11-14;3*1-3-4-2;/h1,7-11,15,18H,12H2,2-6H3;3*1,3-4H2,2H3;/t15-,18?;;;;/m0..../s1. The molecule has 178 valence electrons. The fraction of sp³-hybridized carbons (Fsp3) is 0.714. The van der Waals surface area contributed by atoms with Gasteiger partial charge in [0.25, 0.3) is 0 Å². The van der Waals surface area contributed by atoms with E-state index in [9.17, 15) is 0 Å². The van der Waals surface area contributed by atoms with E-state index in [0.717, 1.165) is 6.42 Å². The van der Waals surface area contributed by atoms with Crippen LogP contribution < -0.4 is 0 Å². The summed E-state index contributed by atoms with van der Waals surface area (Å²) in [6.45, 7) is 18.7. The van der Waals surface area contributed by atoms with E-state index in [-0.39, 0.29) is 6.10 Å². The van der Waals surface area contributed by atoms with Gasteiger partial charge in [-0.25, -0.2) is 0 Å². The number of benzene rings is 1. The van der Waals surface area contributed by atoms with Gasteiger partial charge in [0.1, 0.15) is 0 Å². The van der Waals surface area contributed by atoms with Crippen molar-refractivity contribution in [1.82, 2.24) is 0 Å². The van der Waals surface area contributed by atoms with Gasteiger partial charge in [0.2, 0.25) is 0 Å². The molecule has 0 saturated carbocycles. The van der Waals surface area contributed by atoms with Crippen LogP contribution in [0.4, 0.5) is 0 Å². The van der Waals surface area contributed by atoms with Crippen molar-refractivity contribution < 1.29 is 4.43 Å². The third-order valence-corrected chi connectivity index (χ3v) is 24.2. The second-order valence-electron chi connectivity index (χ2n) is 10.9. The van der Waals surface area contributed by atoms with Crippen LogP contribution in [-0.2, 0) is 10.8 Å². The van der Waals surface area contributed by atoms with E-state index in [4.69, 9.17) is 4.43 Å². The Labute approximate surface area is 201 Å². The fourth-order valence-electron chi connectivity index (χ4n) is 4.22. The van der Waals surface area contributed by atoms with Gasteiger partial charge in [-0.1, -0.05) is 0 Å². The molecule has 0 N–H and O–H groups in total.